The molecule has 1 heterocycles. The minimum atomic E-state index is -4.25. The Morgan fingerprint density at radius 1 is 1.14 bits per heavy atom. The average molecular weight is 403 g/mol. The van der Waals surface area contributed by atoms with Crippen molar-refractivity contribution in [3.63, 3.8) is 0 Å². The summed E-state index contributed by atoms with van der Waals surface area (Å²) in [5.41, 5.74) is -1.68. The number of aromatic nitrogens is 3. The van der Waals surface area contributed by atoms with E-state index in [-0.39, 0.29) is 20.4 Å². The van der Waals surface area contributed by atoms with Crippen LogP contribution >= 0.6 is 0 Å². The molecule has 0 aliphatic rings. The zero-order valence-electron chi connectivity index (χ0n) is 14.3. The number of carbonyl (C=O) groups excluding carboxylic acids is 1. The van der Waals surface area contributed by atoms with Gasteiger partial charge in [-0.05, 0) is 24.3 Å². The Balaban J connectivity index is 1.94. The van der Waals surface area contributed by atoms with E-state index < -0.39 is 32.1 Å². The fourth-order valence-electron chi connectivity index (χ4n) is 2.36. The van der Waals surface area contributed by atoms with Gasteiger partial charge in [-0.2, -0.15) is 8.42 Å². The zero-order chi connectivity index (χ0) is 20.5. The minimum Gasteiger partial charge on any atom is -0.310 e. The van der Waals surface area contributed by atoms with Crippen molar-refractivity contribution in [3.05, 3.63) is 80.8 Å². The van der Waals surface area contributed by atoms with Crippen LogP contribution in [0.15, 0.2) is 64.3 Å². The lowest BCUT2D eigenvalue weighted by molar-refractivity contribution is -0.384. The van der Waals surface area contributed by atoms with E-state index in [4.69, 9.17) is 0 Å². The summed E-state index contributed by atoms with van der Waals surface area (Å²) >= 11 is 0. The number of rotatable bonds is 5. The Labute approximate surface area is 158 Å². The van der Waals surface area contributed by atoms with E-state index in [0.29, 0.717) is 0 Å². The molecule has 2 aromatic carbocycles. The van der Waals surface area contributed by atoms with Crippen molar-refractivity contribution in [2.24, 2.45) is 0 Å². The Morgan fingerprint density at radius 2 is 1.75 bits per heavy atom. The van der Waals surface area contributed by atoms with Gasteiger partial charge in [0, 0.05) is 24.9 Å². The van der Waals surface area contributed by atoms with Crippen molar-refractivity contribution in [1.29, 1.82) is 0 Å². The van der Waals surface area contributed by atoms with Crippen LogP contribution < -0.4 is 10.5 Å². The summed E-state index contributed by atoms with van der Waals surface area (Å²) < 4.78 is 25.3. The van der Waals surface area contributed by atoms with E-state index >= 15 is 0 Å². The smallest absolute Gasteiger partial charge is 0.310 e. The number of hydrogen-bond donors (Lipinski definition) is 1. The Hall–Kier alpha value is -3.80. The van der Waals surface area contributed by atoms with Gasteiger partial charge in [0.2, 0.25) is 5.69 Å². The van der Waals surface area contributed by atoms with Crippen LogP contribution in [0.2, 0.25) is 0 Å². The molecular formula is C16H13N5O6S. The SMILES string of the molecule is CN(C(=O)c1n[nH]n(S(=O)(=O)c2ccccc2)c1=O)c1ccc([N+](=O)[O-])cc1. The third-order valence-electron chi connectivity index (χ3n) is 3.88. The lowest BCUT2D eigenvalue weighted by atomic mass is 10.2. The Kier molecular flexibility index (Phi) is 4.79. The molecule has 0 atom stereocenters. The number of H-pyrrole nitrogens is 1. The number of hydrogen-bond acceptors (Lipinski definition) is 7. The number of nitrogens with zero attached hydrogens (tertiary/aromatic N) is 4. The average Bonchev–Trinajstić information content (AvgIpc) is 3.09. The number of nitrogens with one attached hydrogen (secondary N) is 1. The molecule has 28 heavy (non-hydrogen) atoms. The molecular weight excluding hydrogens is 390 g/mol. The van der Waals surface area contributed by atoms with Gasteiger partial charge >= 0.3 is 5.56 Å². The molecule has 1 aromatic heterocycles. The molecule has 12 heteroatoms. The molecule has 1 N–H and O–H groups in total. The van der Waals surface area contributed by atoms with Crippen LogP contribution in [-0.2, 0) is 10.0 Å². The van der Waals surface area contributed by atoms with Gasteiger partial charge in [-0.3, -0.25) is 19.7 Å². The zero-order valence-corrected chi connectivity index (χ0v) is 15.2. The summed E-state index contributed by atoms with van der Waals surface area (Å²) in [5, 5.41) is 16.3. The van der Waals surface area contributed by atoms with Gasteiger partial charge in [0.15, 0.2) is 0 Å². The maximum Gasteiger partial charge on any atom is 0.314 e. The molecule has 144 valence electrons. The number of non-ortho nitro benzene ring substituents is 1. The van der Waals surface area contributed by atoms with Crippen LogP contribution in [0.1, 0.15) is 10.5 Å². The molecule has 11 nitrogen and oxygen atoms in total. The molecule has 0 aliphatic carbocycles. The number of nitro groups is 1. The van der Waals surface area contributed by atoms with Crippen LogP contribution in [0.3, 0.4) is 0 Å². The third-order valence-corrected chi connectivity index (χ3v) is 5.47. The van der Waals surface area contributed by atoms with Crippen molar-refractivity contribution in [3.8, 4) is 0 Å². The highest BCUT2D eigenvalue weighted by Crippen LogP contribution is 2.19. The topological polar surface area (TPSA) is 148 Å². The first-order valence-electron chi connectivity index (χ1n) is 7.74. The van der Waals surface area contributed by atoms with Crippen LogP contribution in [-0.4, -0.2) is 40.7 Å². The fraction of sp³-hybridized carbons (Fsp3) is 0.0625. The molecule has 0 unspecified atom stereocenters. The van der Waals surface area contributed by atoms with Gasteiger partial charge < -0.3 is 4.90 Å². The highest BCUT2D eigenvalue weighted by molar-refractivity contribution is 7.89. The van der Waals surface area contributed by atoms with Crippen LogP contribution in [0.4, 0.5) is 11.4 Å². The molecule has 0 fully saturated rings. The van der Waals surface area contributed by atoms with Gasteiger partial charge in [0.25, 0.3) is 21.6 Å². The van der Waals surface area contributed by atoms with Gasteiger partial charge in [0.1, 0.15) is 0 Å². The maximum atomic E-state index is 12.6. The first-order chi connectivity index (χ1) is 13.2. The number of benzene rings is 2. The number of nitro benzene ring substituents is 1. The monoisotopic (exact) mass is 403 g/mol. The van der Waals surface area contributed by atoms with Crippen LogP contribution in [0.5, 0.6) is 0 Å². The largest absolute Gasteiger partial charge is 0.314 e. The first-order valence-corrected chi connectivity index (χ1v) is 9.18. The van der Waals surface area contributed by atoms with Gasteiger partial charge in [-0.25, -0.2) is 5.21 Å². The third kappa shape index (κ3) is 3.27. The summed E-state index contributed by atoms with van der Waals surface area (Å²) in [5.74, 6) is -0.878. The number of anilines is 1. The second-order valence-electron chi connectivity index (χ2n) is 5.59. The second kappa shape index (κ2) is 7.08. The lowest BCUT2D eigenvalue weighted by Crippen LogP contribution is -2.34. The standard InChI is InChI=1S/C16H13N5O6S/c1-19(11-7-9-12(10-8-11)21(24)25)15(22)14-16(23)20(18-17-14)28(26,27)13-5-3-2-4-6-13/h2-10,18H,1H3. The maximum absolute atomic E-state index is 12.6. The lowest BCUT2D eigenvalue weighted by Gasteiger charge is -2.15. The number of amides is 1. The summed E-state index contributed by atoms with van der Waals surface area (Å²) in [4.78, 5) is 36.0. The van der Waals surface area contributed by atoms with Gasteiger partial charge in [-0.15, -0.1) is 9.19 Å². The summed E-state index contributed by atoms with van der Waals surface area (Å²) in [6, 6.07) is 12.2. The Bertz CT molecular complexity index is 1200. The quantitative estimate of drug-likeness (QED) is 0.493. The summed E-state index contributed by atoms with van der Waals surface area (Å²) in [7, 11) is -2.92. The summed E-state index contributed by atoms with van der Waals surface area (Å²) in [6.45, 7) is 0. The second-order valence-corrected chi connectivity index (χ2v) is 7.37. The van der Waals surface area contributed by atoms with Crippen molar-refractivity contribution in [2.45, 2.75) is 4.90 Å². The molecule has 0 radical (unpaired) electrons. The highest BCUT2D eigenvalue weighted by atomic mass is 32.2. The van der Waals surface area contributed by atoms with E-state index in [1.165, 1.54) is 55.6 Å². The molecule has 0 saturated carbocycles. The fourth-order valence-corrected chi connectivity index (χ4v) is 3.52. The molecule has 0 saturated heterocycles. The highest BCUT2D eigenvalue weighted by Gasteiger charge is 2.27. The molecule has 0 bridgehead atoms. The Morgan fingerprint density at radius 3 is 2.32 bits per heavy atom. The predicted octanol–water partition coefficient (Wildman–Crippen LogP) is 0.993. The summed E-state index contributed by atoms with van der Waals surface area (Å²) in [6.07, 6.45) is 0. The van der Waals surface area contributed by atoms with E-state index in [0.717, 1.165) is 4.90 Å². The number of carbonyl (C=O) groups is 1. The molecule has 3 rings (SSSR count). The van der Waals surface area contributed by atoms with Gasteiger partial charge in [0.05, 0.1) is 9.82 Å². The predicted molar refractivity (Wildman–Crippen MR) is 97.7 cm³/mol. The van der Waals surface area contributed by atoms with Crippen molar-refractivity contribution in [1.82, 2.24) is 14.4 Å². The van der Waals surface area contributed by atoms with Crippen LogP contribution in [0, 0.1) is 10.1 Å². The normalized spacial score (nSPS) is 11.2. The van der Waals surface area contributed by atoms with E-state index in [1.807, 2.05) is 0 Å². The van der Waals surface area contributed by atoms with Crippen molar-refractivity contribution >= 4 is 27.3 Å². The van der Waals surface area contributed by atoms with Crippen LogP contribution in [0.25, 0.3) is 0 Å². The molecule has 1 amide bonds. The van der Waals surface area contributed by atoms with E-state index in [1.54, 1.807) is 6.07 Å². The van der Waals surface area contributed by atoms with E-state index in [9.17, 15) is 28.1 Å². The van der Waals surface area contributed by atoms with Crippen molar-refractivity contribution < 1.29 is 18.1 Å². The number of aromatic amines is 1. The molecule has 3 aromatic rings. The first kappa shape index (κ1) is 19.0. The molecule has 0 spiro atoms. The minimum absolute atomic E-state index is 0.150. The molecule has 0 aliphatic heterocycles. The van der Waals surface area contributed by atoms with Gasteiger partial charge in [-0.1, -0.05) is 18.2 Å². The van der Waals surface area contributed by atoms with Crippen molar-refractivity contribution in [2.75, 3.05) is 11.9 Å². The van der Waals surface area contributed by atoms with E-state index in [2.05, 4.69) is 10.3 Å².